The molecule has 1 aliphatic heterocycles. The number of halogens is 1. The summed E-state index contributed by atoms with van der Waals surface area (Å²) in [7, 11) is 0. The molecule has 2 rings (SSSR count). The summed E-state index contributed by atoms with van der Waals surface area (Å²) in [6.45, 7) is 3.21. The van der Waals surface area contributed by atoms with Crippen LogP contribution in [0.1, 0.15) is 25.5 Å². The lowest BCUT2D eigenvalue weighted by atomic mass is 9.95. The maximum absolute atomic E-state index is 9.94. The Labute approximate surface area is 93.3 Å². The van der Waals surface area contributed by atoms with E-state index in [9.17, 15) is 10.2 Å². The molecule has 3 nitrogen and oxygen atoms in total. The van der Waals surface area contributed by atoms with E-state index in [4.69, 9.17) is 16.3 Å². The Morgan fingerprint density at radius 2 is 2.07 bits per heavy atom. The van der Waals surface area contributed by atoms with Gasteiger partial charge in [0.05, 0.1) is 5.60 Å². The zero-order chi connectivity index (χ0) is 11.2. The van der Waals surface area contributed by atoms with Crippen molar-refractivity contribution >= 4 is 11.6 Å². The number of benzene rings is 1. The van der Waals surface area contributed by atoms with Gasteiger partial charge < -0.3 is 14.9 Å². The normalized spacial score (nSPS) is 24.9. The summed E-state index contributed by atoms with van der Waals surface area (Å²) in [4.78, 5) is 0. The van der Waals surface area contributed by atoms with Crippen molar-refractivity contribution in [2.75, 3.05) is 0 Å². The fraction of sp³-hybridized carbons (Fsp3) is 0.455. The molecule has 1 aromatic carbocycles. The molecule has 15 heavy (non-hydrogen) atoms. The first-order valence-corrected chi connectivity index (χ1v) is 5.14. The molecule has 0 saturated carbocycles. The van der Waals surface area contributed by atoms with Crippen molar-refractivity contribution in [2.45, 2.75) is 31.7 Å². The van der Waals surface area contributed by atoms with Crippen LogP contribution in [-0.4, -0.2) is 21.9 Å². The van der Waals surface area contributed by atoms with E-state index >= 15 is 0 Å². The van der Waals surface area contributed by atoms with Gasteiger partial charge in [0.2, 0.25) is 0 Å². The fourth-order valence-electron chi connectivity index (χ4n) is 1.75. The van der Waals surface area contributed by atoms with Gasteiger partial charge in [-0.05, 0) is 26.0 Å². The average molecular weight is 229 g/mol. The highest BCUT2D eigenvalue weighted by atomic mass is 35.5. The van der Waals surface area contributed by atoms with E-state index < -0.39 is 17.8 Å². The molecule has 0 radical (unpaired) electrons. The van der Waals surface area contributed by atoms with Crippen LogP contribution in [0.2, 0.25) is 5.02 Å². The fourth-order valence-corrected chi connectivity index (χ4v) is 1.91. The molecule has 1 heterocycles. The summed E-state index contributed by atoms with van der Waals surface area (Å²) in [6, 6.07) is 5.06. The van der Waals surface area contributed by atoms with Crippen LogP contribution in [-0.2, 0) is 0 Å². The van der Waals surface area contributed by atoms with Gasteiger partial charge in [-0.15, -0.1) is 0 Å². The SMILES string of the molecule is CC(C)(O)[C@@H]1Oc2cc(Cl)ccc2[C@@H]1O. The first kappa shape index (κ1) is 10.7. The van der Waals surface area contributed by atoms with Crippen molar-refractivity contribution in [1.29, 1.82) is 0 Å². The van der Waals surface area contributed by atoms with Gasteiger partial charge in [0.25, 0.3) is 0 Å². The second-order valence-electron chi connectivity index (χ2n) is 4.32. The minimum Gasteiger partial charge on any atom is -0.484 e. The van der Waals surface area contributed by atoms with E-state index in [0.717, 1.165) is 0 Å². The van der Waals surface area contributed by atoms with Crippen LogP contribution in [0, 0.1) is 0 Å². The molecule has 1 aliphatic rings. The molecule has 2 atom stereocenters. The van der Waals surface area contributed by atoms with Crippen molar-refractivity contribution in [3.05, 3.63) is 28.8 Å². The average Bonchev–Trinajstić information content (AvgIpc) is 2.42. The first-order chi connectivity index (χ1) is 6.89. The third-order valence-electron chi connectivity index (χ3n) is 2.53. The molecular weight excluding hydrogens is 216 g/mol. The molecule has 2 N–H and O–H groups in total. The van der Waals surface area contributed by atoms with Crippen LogP contribution in [0.15, 0.2) is 18.2 Å². The molecule has 1 aromatic rings. The third-order valence-corrected chi connectivity index (χ3v) is 2.77. The molecule has 4 heteroatoms. The van der Waals surface area contributed by atoms with Crippen molar-refractivity contribution in [3.8, 4) is 5.75 Å². The number of ether oxygens (including phenoxy) is 1. The van der Waals surface area contributed by atoms with E-state index in [1.165, 1.54) is 0 Å². The predicted molar refractivity (Wildman–Crippen MR) is 57.1 cm³/mol. The number of rotatable bonds is 1. The minimum absolute atomic E-state index is 0.544. The van der Waals surface area contributed by atoms with E-state index in [0.29, 0.717) is 16.3 Å². The largest absolute Gasteiger partial charge is 0.484 e. The predicted octanol–water partition coefficient (Wildman–Crippen LogP) is 1.91. The second kappa shape index (κ2) is 3.37. The van der Waals surface area contributed by atoms with Gasteiger partial charge in [-0.25, -0.2) is 0 Å². The summed E-state index contributed by atoms with van der Waals surface area (Å²) >= 11 is 5.81. The van der Waals surface area contributed by atoms with Crippen LogP contribution in [0.5, 0.6) is 5.75 Å². The topological polar surface area (TPSA) is 49.7 Å². The van der Waals surface area contributed by atoms with Gasteiger partial charge in [-0.1, -0.05) is 17.7 Å². The van der Waals surface area contributed by atoms with E-state index in [1.54, 1.807) is 32.0 Å². The molecule has 0 unspecified atom stereocenters. The Balaban J connectivity index is 2.37. The van der Waals surface area contributed by atoms with Gasteiger partial charge >= 0.3 is 0 Å². The molecule has 0 fully saturated rings. The molecular formula is C11H13ClO3. The third kappa shape index (κ3) is 1.83. The van der Waals surface area contributed by atoms with Crippen molar-refractivity contribution in [1.82, 2.24) is 0 Å². The quantitative estimate of drug-likeness (QED) is 0.772. The standard InChI is InChI=1S/C11H13ClO3/c1-11(2,14)10-9(13)7-4-3-6(12)5-8(7)15-10/h3-5,9-10,13-14H,1-2H3/t9-,10+/m0/s1. The second-order valence-corrected chi connectivity index (χ2v) is 4.76. The summed E-state index contributed by atoms with van der Waals surface area (Å²) in [6.07, 6.45) is -1.46. The molecule has 82 valence electrons. The molecule has 0 spiro atoms. The first-order valence-electron chi connectivity index (χ1n) is 4.76. The highest BCUT2D eigenvalue weighted by Crippen LogP contribution is 2.41. The highest BCUT2D eigenvalue weighted by molar-refractivity contribution is 6.30. The Kier molecular flexibility index (Phi) is 2.41. The zero-order valence-electron chi connectivity index (χ0n) is 8.57. The monoisotopic (exact) mass is 228 g/mol. The van der Waals surface area contributed by atoms with Crippen LogP contribution < -0.4 is 4.74 Å². The number of hydrogen-bond acceptors (Lipinski definition) is 3. The van der Waals surface area contributed by atoms with Crippen molar-refractivity contribution in [3.63, 3.8) is 0 Å². The van der Waals surface area contributed by atoms with Crippen LogP contribution >= 0.6 is 11.6 Å². The van der Waals surface area contributed by atoms with E-state index in [2.05, 4.69) is 0 Å². The lowest BCUT2D eigenvalue weighted by molar-refractivity contribution is -0.0762. The lowest BCUT2D eigenvalue weighted by Crippen LogP contribution is -2.41. The summed E-state index contributed by atoms with van der Waals surface area (Å²) < 4.78 is 5.48. The van der Waals surface area contributed by atoms with Crippen LogP contribution in [0.3, 0.4) is 0 Å². The molecule has 0 aromatic heterocycles. The van der Waals surface area contributed by atoms with Gasteiger partial charge in [0.15, 0.2) is 6.10 Å². The Bertz CT molecular complexity index is 384. The number of aliphatic hydroxyl groups is 2. The molecule has 0 aliphatic carbocycles. The lowest BCUT2D eigenvalue weighted by Gasteiger charge is -2.27. The van der Waals surface area contributed by atoms with Crippen LogP contribution in [0.25, 0.3) is 0 Å². The summed E-state index contributed by atoms with van der Waals surface area (Å²) in [5, 5.41) is 20.3. The Morgan fingerprint density at radius 3 is 2.67 bits per heavy atom. The molecule has 0 amide bonds. The highest BCUT2D eigenvalue weighted by Gasteiger charge is 2.42. The maximum atomic E-state index is 9.94. The van der Waals surface area contributed by atoms with Crippen molar-refractivity contribution < 1.29 is 14.9 Å². The number of hydrogen-bond donors (Lipinski definition) is 2. The Hall–Kier alpha value is -0.770. The number of fused-ring (bicyclic) bond motifs is 1. The Morgan fingerprint density at radius 1 is 1.40 bits per heavy atom. The smallest absolute Gasteiger partial charge is 0.157 e. The summed E-state index contributed by atoms with van der Waals surface area (Å²) in [5.74, 6) is 0.544. The van der Waals surface area contributed by atoms with Crippen molar-refractivity contribution in [2.24, 2.45) is 0 Å². The zero-order valence-corrected chi connectivity index (χ0v) is 9.32. The summed E-state index contributed by atoms with van der Waals surface area (Å²) in [5.41, 5.74) is -0.420. The molecule has 0 saturated heterocycles. The van der Waals surface area contributed by atoms with Gasteiger partial charge in [0, 0.05) is 10.6 Å². The minimum atomic E-state index is -1.09. The van der Waals surface area contributed by atoms with Gasteiger partial charge in [-0.2, -0.15) is 0 Å². The molecule has 0 bridgehead atoms. The van der Waals surface area contributed by atoms with E-state index in [-0.39, 0.29) is 0 Å². The van der Waals surface area contributed by atoms with E-state index in [1.807, 2.05) is 0 Å². The maximum Gasteiger partial charge on any atom is 0.157 e. The van der Waals surface area contributed by atoms with Gasteiger partial charge in [0.1, 0.15) is 11.9 Å². The van der Waals surface area contributed by atoms with Gasteiger partial charge in [-0.3, -0.25) is 0 Å². The van der Waals surface area contributed by atoms with Crippen LogP contribution in [0.4, 0.5) is 0 Å². The number of aliphatic hydroxyl groups excluding tert-OH is 1.